The van der Waals surface area contributed by atoms with E-state index in [2.05, 4.69) is 9.88 Å². The van der Waals surface area contributed by atoms with Gasteiger partial charge in [-0.1, -0.05) is 17.7 Å². The third-order valence-electron chi connectivity index (χ3n) is 6.91. The number of benzene rings is 2. The number of halogens is 4. The maximum Gasteiger partial charge on any atom is 0.417 e. The smallest absolute Gasteiger partial charge is 0.417 e. The molecule has 200 valence electrons. The number of likely N-dealkylation sites (tertiary alicyclic amines) is 1. The second-order valence-electron chi connectivity index (χ2n) is 9.14. The molecular weight excluding hydrogens is 541 g/mol. The Labute approximate surface area is 226 Å². The maximum absolute atomic E-state index is 13.3. The maximum atomic E-state index is 13.3. The first-order valence-electron chi connectivity index (χ1n) is 11.9. The SMILES string of the molecule is COc1cc(C(=O)N2CC(N3CCN(C(=O)c4nccs4)CC3)C2)ccc1-c1ccc(Cl)c(C(F)(F)F)c1. The van der Waals surface area contributed by atoms with Crippen molar-refractivity contribution in [2.24, 2.45) is 0 Å². The summed E-state index contributed by atoms with van der Waals surface area (Å²) >= 11 is 7.09. The van der Waals surface area contributed by atoms with Crippen LogP contribution in [0.2, 0.25) is 5.02 Å². The fraction of sp³-hybridized carbons (Fsp3) is 0.346. The minimum Gasteiger partial charge on any atom is -0.496 e. The van der Waals surface area contributed by atoms with Gasteiger partial charge in [0.15, 0.2) is 5.01 Å². The molecule has 0 aliphatic carbocycles. The van der Waals surface area contributed by atoms with E-state index in [-0.39, 0.29) is 28.4 Å². The lowest BCUT2D eigenvalue weighted by Crippen LogP contribution is -2.64. The average molecular weight is 565 g/mol. The van der Waals surface area contributed by atoms with E-state index in [4.69, 9.17) is 16.3 Å². The van der Waals surface area contributed by atoms with Gasteiger partial charge in [-0.15, -0.1) is 11.3 Å². The number of piperazine rings is 1. The number of nitrogens with zero attached hydrogens (tertiary/aromatic N) is 4. The highest BCUT2D eigenvalue weighted by molar-refractivity contribution is 7.11. The quantitative estimate of drug-likeness (QED) is 0.446. The van der Waals surface area contributed by atoms with Gasteiger partial charge in [-0.05, 0) is 35.9 Å². The summed E-state index contributed by atoms with van der Waals surface area (Å²) in [5.74, 6) is 0.0795. The Kier molecular flexibility index (Phi) is 7.34. The molecule has 3 heterocycles. The van der Waals surface area contributed by atoms with Crippen molar-refractivity contribution in [2.75, 3.05) is 46.4 Å². The number of ether oxygens (including phenoxy) is 1. The molecule has 2 aliphatic heterocycles. The first-order chi connectivity index (χ1) is 18.2. The molecule has 2 amide bonds. The van der Waals surface area contributed by atoms with E-state index in [1.54, 1.807) is 34.7 Å². The van der Waals surface area contributed by atoms with E-state index < -0.39 is 11.7 Å². The third kappa shape index (κ3) is 5.23. The molecule has 2 aromatic carbocycles. The largest absolute Gasteiger partial charge is 0.496 e. The van der Waals surface area contributed by atoms with E-state index >= 15 is 0 Å². The van der Waals surface area contributed by atoms with E-state index in [9.17, 15) is 22.8 Å². The molecule has 0 radical (unpaired) electrons. The fourth-order valence-corrected chi connectivity index (χ4v) is 5.59. The Bertz CT molecular complexity index is 1340. The van der Waals surface area contributed by atoms with Gasteiger partial charge in [0, 0.05) is 68.0 Å². The van der Waals surface area contributed by atoms with Crippen LogP contribution < -0.4 is 4.74 Å². The molecule has 2 saturated heterocycles. The number of hydrogen-bond donors (Lipinski definition) is 0. The molecular formula is C26H24ClF3N4O3S. The van der Waals surface area contributed by atoms with Crippen molar-refractivity contribution in [3.05, 3.63) is 69.1 Å². The lowest BCUT2D eigenvalue weighted by Gasteiger charge is -2.48. The molecule has 3 aromatic rings. The van der Waals surface area contributed by atoms with Crippen LogP contribution in [0.3, 0.4) is 0 Å². The predicted molar refractivity (Wildman–Crippen MR) is 138 cm³/mol. The summed E-state index contributed by atoms with van der Waals surface area (Å²) in [6, 6.07) is 8.62. The second kappa shape index (κ2) is 10.5. The van der Waals surface area contributed by atoms with Crippen molar-refractivity contribution in [2.45, 2.75) is 12.2 Å². The molecule has 0 N–H and O–H groups in total. The summed E-state index contributed by atoms with van der Waals surface area (Å²) in [5.41, 5.74) is 0.179. The van der Waals surface area contributed by atoms with Crippen LogP contribution in [-0.4, -0.2) is 83.9 Å². The zero-order valence-corrected chi connectivity index (χ0v) is 21.9. The number of carbonyl (C=O) groups excluding carboxylic acids is 2. The molecule has 0 spiro atoms. The fourth-order valence-electron chi connectivity index (χ4n) is 4.76. The molecule has 2 fully saturated rings. The number of carbonyl (C=O) groups is 2. The zero-order valence-electron chi connectivity index (χ0n) is 20.4. The summed E-state index contributed by atoms with van der Waals surface area (Å²) in [6.45, 7) is 3.82. The predicted octanol–water partition coefficient (Wildman–Crippen LogP) is 4.77. The Morgan fingerprint density at radius 3 is 2.39 bits per heavy atom. The first-order valence-corrected chi connectivity index (χ1v) is 13.2. The van der Waals surface area contributed by atoms with Crippen molar-refractivity contribution >= 4 is 34.8 Å². The zero-order chi connectivity index (χ0) is 27.0. The molecule has 5 rings (SSSR count). The number of aromatic nitrogens is 1. The Hall–Kier alpha value is -3.15. The number of thiazole rings is 1. The summed E-state index contributed by atoms with van der Waals surface area (Å²) in [5, 5.41) is 1.90. The number of methoxy groups -OCH3 is 1. The monoisotopic (exact) mass is 564 g/mol. The summed E-state index contributed by atoms with van der Waals surface area (Å²) in [4.78, 5) is 35.5. The molecule has 0 atom stereocenters. The van der Waals surface area contributed by atoms with Gasteiger partial charge in [-0.25, -0.2) is 4.98 Å². The van der Waals surface area contributed by atoms with Crippen molar-refractivity contribution in [1.82, 2.24) is 19.7 Å². The first kappa shape index (κ1) is 26.5. The van der Waals surface area contributed by atoms with Crippen LogP contribution in [0.4, 0.5) is 13.2 Å². The van der Waals surface area contributed by atoms with Gasteiger partial charge in [-0.2, -0.15) is 13.2 Å². The van der Waals surface area contributed by atoms with Crippen molar-refractivity contribution in [3.8, 4) is 16.9 Å². The molecule has 0 saturated carbocycles. The van der Waals surface area contributed by atoms with Crippen LogP contribution in [-0.2, 0) is 6.18 Å². The molecule has 0 unspecified atom stereocenters. The number of amides is 2. The van der Waals surface area contributed by atoms with Crippen LogP contribution >= 0.6 is 22.9 Å². The van der Waals surface area contributed by atoms with E-state index in [0.717, 1.165) is 19.2 Å². The van der Waals surface area contributed by atoms with Crippen molar-refractivity contribution in [1.29, 1.82) is 0 Å². The van der Waals surface area contributed by atoms with E-state index in [0.29, 0.717) is 48.1 Å². The Balaban J connectivity index is 1.21. The van der Waals surface area contributed by atoms with Crippen LogP contribution in [0.25, 0.3) is 11.1 Å². The third-order valence-corrected chi connectivity index (χ3v) is 8.00. The standard InChI is InChI=1S/C26H24ClF3N4O3S/c1-37-22-13-17(2-4-19(22)16-3-5-21(27)20(12-16)26(28,29)30)24(35)34-14-18(15-34)32-7-9-33(10-8-32)25(36)23-31-6-11-38-23/h2-6,11-13,18H,7-10,14-15H2,1H3. The van der Waals surface area contributed by atoms with Gasteiger partial charge in [0.05, 0.1) is 17.7 Å². The van der Waals surface area contributed by atoms with Crippen molar-refractivity contribution < 1.29 is 27.5 Å². The minimum absolute atomic E-state index is 0.0457. The van der Waals surface area contributed by atoms with Gasteiger partial charge in [0.25, 0.3) is 11.8 Å². The number of alkyl halides is 3. The van der Waals surface area contributed by atoms with Crippen LogP contribution in [0.1, 0.15) is 25.7 Å². The van der Waals surface area contributed by atoms with Crippen LogP contribution in [0.5, 0.6) is 5.75 Å². The summed E-state index contributed by atoms with van der Waals surface area (Å²) in [6.07, 6.45) is -2.97. The Morgan fingerprint density at radius 1 is 1.03 bits per heavy atom. The highest BCUT2D eigenvalue weighted by atomic mass is 35.5. The van der Waals surface area contributed by atoms with Gasteiger partial charge in [-0.3, -0.25) is 14.5 Å². The molecule has 12 heteroatoms. The number of rotatable bonds is 5. The van der Waals surface area contributed by atoms with Crippen LogP contribution in [0, 0.1) is 0 Å². The topological polar surface area (TPSA) is 66.0 Å². The average Bonchev–Trinajstić information content (AvgIpc) is 3.42. The molecule has 38 heavy (non-hydrogen) atoms. The lowest BCUT2D eigenvalue weighted by atomic mass is 9.98. The van der Waals surface area contributed by atoms with Gasteiger partial charge in [0.2, 0.25) is 0 Å². The highest BCUT2D eigenvalue weighted by Gasteiger charge is 2.37. The molecule has 2 aliphatic rings. The number of hydrogen-bond acceptors (Lipinski definition) is 6. The molecule has 1 aromatic heterocycles. The Morgan fingerprint density at radius 2 is 1.76 bits per heavy atom. The van der Waals surface area contributed by atoms with Gasteiger partial charge in [0.1, 0.15) is 5.75 Å². The van der Waals surface area contributed by atoms with Crippen LogP contribution in [0.15, 0.2) is 48.0 Å². The molecule has 7 nitrogen and oxygen atoms in total. The van der Waals surface area contributed by atoms with Gasteiger partial charge >= 0.3 is 6.18 Å². The van der Waals surface area contributed by atoms with E-state index in [1.807, 2.05) is 4.90 Å². The highest BCUT2D eigenvalue weighted by Crippen LogP contribution is 2.39. The van der Waals surface area contributed by atoms with E-state index in [1.165, 1.54) is 30.6 Å². The molecule has 0 bridgehead atoms. The van der Waals surface area contributed by atoms with Crippen molar-refractivity contribution in [3.63, 3.8) is 0 Å². The summed E-state index contributed by atoms with van der Waals surface area (Å²) in [7, 11) is 1.41. The normalized spacial score (nSPS) is 16.9. The minimum atomic E-state index is -4.59. The van der Waals surface area contributed by atoms with Gasteiger partial charge < -0.3 is 14.5 Å². The second-order valence-corrected chi connectivity index (χ2v) is 10.4. The lowest BCUT2D eigenvalue weighted by molar-refractivity contribution is -0.137. The summed E-state index contributed by atoms with van der Waals surface area (Å²) < 4.78 is 45.4.